The number of esters is 1. The van der Waals surface area contributed by atoms with Crippen molar-refractivity contribution in [3.63, 3.8) is 0 Å². The lowest BCUT2D eigenvalue weighted by atomic mass is 10.1. The summed E-state index contributed by atoms with van der Waals surface area (Å²) in [6.07, 6.45) is 1.21. The predicted octanol–water partition coefficient (Wildman–Crippen LogP) is 1.69. The zero-order valence-electron chi connectivity index (χ0n) is 11.4. The Morgan fingerprint density at radius 2 is 2.11 bits per heavy atom. The molecule has 1 N–H and O–H groups in total. The van der Waals surface area contributed by atoms with E-state index in [1.807, 2.05) is 24.3 Å². The number of benzene rings is 1. The van der Waals surface area contributed by atoms with Gasteiger partial charge in [0.15, 0.2) is 0 Å². The van der Waals surface area contributed by atoms with Gasteiger partial charge in [-0.25, -0.2) is 4.79 Å². The summed E-state index contributed by atoms with van der Waals surface area (Å²) in [5.41, 5.74) is 1.82. The minimum absolute atomic E-state index is 0. The third-order valence-corrected chi connectivity index (χ3v) is 3.46. The summed E-state index contributed by atoms with van der Waals surface area (Å²) in [5.74, 6) is -0.283. The Morgan fingerprint density at radius 3 is 2.63 bits per heavy atom. The molecular formula is C14H21ClN2O2. The van der Waals surface area contributed by atoms with E-state index in [1.54, 1.807) is 0 Å². The van der Waals surface area contributed by atoms with Gasteiger partial charge in [-0.1, -0.05) is 12.1 Å². The molecule has 1 aliphatic rings. The number of carbonyl (C=O) groups is 1. The Hall–Kier alpha value is -1.10. The highest BCUT2D eigenvalue weighted by molar-refractivity contribution is 5.89. The molecule has 0 amide bonds. The molecule has 1 aromatic carbocycles. The summed E-state index contributed by atoms with van der Waals surface area (Å²) in [5, 5.41) is 3.37. The molecule has 1 fully saturated rings. The molecule has 5 heteroatoms. The van der Waals surface area contributed by atoms with Crippen molar-refractivity contribution in [2.24, 2.45) is 0 Å². The fourth-order valence-corrected chi connectivity index (χ4v) is 2.30. The Balaban J connectivity index is 0.00000180. The zero-order valence-corrected chi connectivity index (χ0v) is 12.2. The second kappa shape index (κ2) is 7.48. The monoisotopic (exact) mass is 284 g/mol. The van der Waals surface area contributed by atoms with Crippen LogP contribution in [-0.4, -0.2) is 44.2 Å². The van der Waals surface area contributed by atoms with Crippen molar-refractivity contribution in [3.05, 3.63) is 35.4 Å². The number of hydrogen-bond acceptors (Lipinski definition) is 4. The highest BCUT2D eigenvalue weighted by Crippen LogP contribution is 2.12. The third kappa shape index (κ3) is 4.20. The Kier molecular flexibility index (Phi) is 6.28. The van der Waals surface area contributed by atoms with Crippen molar-refractivity contribution in [2.75, 3.05) is 27.2 Å². The second-order valence-electron chi connectivity index (χ2n) is 4.75. The molecule has 0 bridgehead atoms. The highest BCUT2D eigenvalue weighted by atomic mass is 35.5. The van der Waals surface area contributed by atoms with Crippen LogP contribution in [-0.2, 0) is 11.3 Å². The molecule has 1 aliphatic heterocycles. The lowest BCUT2D eigenvalue weighted by molar-refractivity contribution is 0.0600. The first kappa shape index (κ1) is 16.0. The first-order valence-corrected chi connectivity index (χ1v) is 6.29. The van der Waals surface area contributed by atoms with Crippen LogP contribution in [0.2, 0.25) is 0 Å². The normalized spacial score (nSPS) is 18.2. The first-order chi connectivity index (χ1) is 8.70. The first-order valence-electron chi connectivity index (χ1n) is 6.29. The van der Waals surface area contributed by atoms with Crippen molar-refractivity contribution < 1.29 is 9.53 Å². The second-order valence-corrected chi connectivity index (χ2v) is 4.75. The van der Waals surface area contributed by atoms with Gasteiger partial charge in [-0.3, -0.25) is 4.90 Å². The molecular weight excluding hydrogens is 264 g/mol. The number of nitrogens with one attached hydrogen (secondary N) is 1. The molecule has 1 atom stereocenters. The molecule has 106 valence electrons. The van der Waals surface area contributed by atoms with Crippen molar-refractivity contribution in [1.29, 1.82) is 0 Å². The number of nitrogens with zero attached hydrogens (tertiary/aromatic N) is 1. The van der Waals surface area contributed by atoms with E-state index in [0.717, 1.165) is 19.6 Å². The van der Waals surface area contributed by atoms with Crippen molar-refractivity contribution in [3.8, 4) is 0 Å². The van der Waals surface area contributed by atoms with E-state index in [1.165, 1.54) is 19.1 Å². The van der Waals surface area contributed by atoms with Crippen molar-refractivity contribution in [1.82, 2.24) is 10.2 Å². The molecule has 0 aliphatic carbocycles. The molecule has 1 unspecified atom stereocenters. The quantitative estimate of drug-likeness (QED) is 0.855. The number of carbonyl (C=O) groups excluding carboxylic acids is 1. The van der Waals surface area contributed by atoms with Crippen LogP contribution in [0.5, 0.6) is 0 Å². The van der Waals surface area contributed by atoms with Crippen LogP contribution in [0.25, 0.3) is 0 Å². The fraction of sp³-hybridized carbons (Fsp3) is 0.500. The molecule has 0 saturated carbocycles. The SMILES string of the molecule is COC(=O)c1ccc(CN(C)C2CCNC2)cc1.Cl. The minimum Gasteiger partial charge on any atom is -0.465 e. The smallest absolute Gasteiger partial charge is 0.337 e. The highest BCUT2D eigenvalue weighted by Gasteiger charge is 2.18. The van der Waals surface area contributed by atoms with Crippen LogP contribution in [0.15, 0.2) is 24.3 Å². The number of ether oxygens (including phenoxy) is 1. The van der Waals surface area contributed by atoms with Crippen LogP contribution in [0.4, 0.5) is 0 Å². The van der Waals surface area contributed by atoms with E-state index in [-0.39, 0.29) is 18.4 Å². The van der Waals surface area contributed by atoms with Crippen LogP contribution in [0, 0.1) is 0 Å². The van der Waals surface area contributed by atoms with Gasteiger partial charge in [-0.15, -0.1) is 12.4 Å². The van der Waals surface area contributed by atoms with Crippen molar-refractivity contribution >= 4 is 18.4 Å². The molecule has 0 spiro atoms. The summed E-state index contributed by atoms with van der Waals surface area (Å²) < 4.78 is 4.68. The summed E-state index contributed by atoms with van der Waals surface area (Å²) in [6, 6.07) is 8.24. The van der Waals surface area contributed by atoms with E-state index in [9.17, 15) is 4.79 Å². The minimum atomic E-state index is -0.283. The standard InChI is InChI=1S/C14H20N2O2.ClH/c1-16(13-7-8-15-9-13)10-11-3-5-12(6-4-11)14(17)18-2;/h3-6,13,15H,7-10H2,1-2H3;1H. The average molecular weight is 285 g/mol. The Morgan fingerprint density at radius 1 is 1.42 bits per heavy atom. The Bertz CT molecular complexity index is 402. The van der Waals surface area contributed by atoms with Crippen LogP contribution < -0.4 is 5.32 Å². The van der Waals surface area contributed by atoms with E-state index in [2.05, 4.69) is 22.0 Å². The largest absolute Gasteiger partial charge is 0.465 e. The molecule has 4 nitrogen and oxygen atoms in total. The predicted molar refractivity (Wildman–Crippen MR) is 77.8 cm³/mol. The van der Waals surface area contributed by atoms with Gasteiger partial charge in [0.2, 0.25) is 0 Å². The van der Waals surface area contributed by atoms with Gasteiger partial charge in [0.05, 0.1) is 12.7 Å². The van der Waals surface area contributed by atoms with Gasteiger partial charge in [-0.2, -0.15) is 0 Å². The van der Waals surface area contributed by atoms with Gasteiger partial charge in [0.25, 0.3) is 0 Å². The molecule has 1 saturated heterocycles. The lowest BCUT2D eigenvalue weighted by Crippen LogP contribution is -2.32. The van der Waals surface area contributed by atoms with Gasteiger partial charge in [0, 0.05) is 19.1 Å². The van der Waals surface area contributed by atoms with Gasteiger partial charge < -0.3 is 10.1 Å². The molecule has 0 aromatic heterocycles. The van der Waals surface area contributed by atoms with E-state index in [0.29, 0.717) is 11.6 Å². The van der Waals surface area contributed by atoms with E-state index < -0.39 is 0 Å². The van der Waals surface area contributed by atoms with Crippen LogP contribution in [0.3, 0.4) is 0 Å². The lowest BCUT2D eigenvalue weighted by Gasteiger charge is -2.23. The summed E-state index contributed by atoms with van der Waals surface area (Å²) in [7, 11) is 3.54. The Labute approximate surface area is 120 Å². The third-order valence-electron chi connectivity index (χ3n) is 3.46. The molecule has 1 aromatic rings. The van der Waals surface area contributed by atoms with Gasteiger partial charge in [0.1, 0.15) is 0 Å². The fourth-order valence-electron chi connectivity index (χ4n) is 2.30. The molecule has 0 radical (unpaired) electrons. The maximum absolute atomic E-state index is 11.3. The van der Waals surface area contributed by atoms with Gasteiger partial charge >= 0.3 is 5.97 Å². The number of methoxy groups -OCH3 is 1. The number of hydrogen-bond donors (Lipinski definition) is 1. The number of rotatable bonds is 4. The van der Waals surface area contributed by atoms with Gasteiger partial charge in [-0.05, 0) is 37.7 Å². The summed E-state index contributed by atoms with van der Waals surface area (Å²) in [4.78, 5) is 13.7. The number of halogens is 1. The number of likely N-dealkylation sites (N-methyl/N-ethyl adjacent to an activating group) is 1. The summed E-state index contributed by atoms with van der Waals surface area (Å²) >= 11 is 0. The zero-order chi connectivity index (χ0) is 13.0. The maximum atomic E-state index is 11.3. The maximum Gasteiger partial charge on any atom is 0.337 e. The molecule has 19 heavy (non-hydrogen) atoms. The van der Waals surface area contributed by atoms with Crippen LogP contribution in [0.1, 0.15) is 22.3 Å². The molecule has 1 heterocycles. The van der Waals surface area contributed by atoms with Crippen molar-refractivity contribution in [2.45, 2.75) is 19.0 Å². The molecule has 2 rings (SSSR count). The van der Waals surface area contributed by atoms with E-state index in [4.69, 9.17) is 0 Å². The summed E-state index contributed by atoms with van der Waals surface area (Å²) in [6.45, 7) is 3.08. The van der Waals surface area contributed by atoms with E-state index >= 15 is 0 Å². The van der Waals surface area contributed by atoms with Crippen LogP contribution >= 0.6 is 12.4 Å². The average Bonchev–Trinajstić information content (AvgIpc) is 2.92. The topological polar surface area (TPSA) is 41.6 Å².